The molecular weight excluding hydrogens is 228 g/mol. The highest BCUT2D eigenvalue weighted by Gasteiger charge is 2.08. The lowest BCUT2D eigenvalue weighted by Gasteiger charge is -2.07. The molecule has 1 aromatic rings. The summed E-state index contributed by atoms with van der Waals surface area (Å²) in [5, 5.41) is 2.59. The average Bonchev–Trinajstić information content (AvgIpc) is 2.16. The zero-order valence-electron chi connectivity index (χ0n) is 10.7. The zero-order chi connectivity index (χ0) is 13.1. The second-order valence-electron chi connectivity index (χ2n) is 5.04. The van der Waals surface area contributed by atoms with Gasteiger partial charge >= 0.3 is 6.03 Å². The van der Waals surface area contributed by atoms with E-state index in [1.807, 2.05) is 25.1 Å². The van der Waals surface area contributed by atoms with E-state index in [1.165, 1.54) is 0 Å². The van der Waals surface area contributed by atoms with Crippen molar-refractivity contribution in [1.82, 2.24) is 0 Å². The van der Waals surface area contributed by atoms with Gasteiger partial charge in [-0.3, -0.25) is 0 Å². The molecule has 3 nitrogen and oxygen atoms in total. The van der Waals surface area contributed by atoms with E-state index in [9.17, 15) is 4.79 Å². The first-order chi connectivity index (χ1) is 7.78. The van der Waals surface area contributed by atoms with Crippen LogP contribution in [0.3, 0.4) is 0 Å². The monoisotopic (exact) mass is 246 g/mol. The summed E-state index contributed by atoms with van der Waals surface area (Å²) in [6, 6.07) is 5.14. The molecule has 90 valence electrons. The van der Waals surface area contributed by atoms with Crippen molar-refractivity contribution in [3.8, 4) is 11.5 Å². The maximum atomic E-state index is 10.9. The molecule has 0 bridgehead atoms. The van der Waals surface area contributed by atoms with Gasteiger partial charge in [0.15, 0.2) is 0 Å². The molecule has 0 radical (unpaired) electrons. The smallest absolute Gasteiger partial charge is 0.316 e. The summed E-state index contributed by atoms with van der Waals surface area (Å²) in [7, 11) is -1.43. The summed E-state index contributed by atoms with van der Waals surface area (Å²) in [6.45, 7) is 8.53. The van der Waals surface area contributed by atoms with Crippen molar-refractivity contribution < 1.29 is 4.79 Å². The molecule has 0 heterocycles. The van der Waals surface area contributed by atoms with Crippen LogP contribution in [0.15, 0.2) is 18.2 Å². The lowest BCUT2D eigenvalue weighted by molar-refractivity contribution is 0.259. The van der Waals surface area contributed by atoms with Gasteiger partial charge in [-0.25, -0.2) is 4.79 Å². The fourth-order valence-electron chi connectivity index (χ4n) is 1.26. The number of benzene rings is 1. The van der Waals surface area contributed by atoms with Crippen molar-refractivity contribution in [2.45, 2.75) is 26.6 Å². The van der Waals surface area contributed by atoms with E-state index in [0.717, 1.165) is 11.1 Å². The molecule has 0 spiro atoms. The second-order valence-corrected chi connectivity index (χ2v) is 9.79. The van der Waals surface area contributed by atoms with Crippen LogP contribution in [0.1, 0.15) is 11.1 Å². The lowest BCUT2D eigenvalue weighted by Crippen LogP contribution is -2.20. The lowest BCUT2D eigenvalue weighted by atomic mass is 10.1. The first kappa shape index (κ1) is 13.3. The molecule has 0 atom stereocenters. The highest BCUT2D eigenvalue weighted by atomic mass is 28.3. The van der Waals surface area contributed by atoms with Crippen LogP contribution in [0.25, 0.3) is 0 Å². The number of nitrogens with two attached hydrogens (primary N) is 1. The van der Waals surface area contributed by atoms with Gasteiger partial charge in [0, 0.05) is 5.56 Å². The Balaban J connectivity index is 3.14. The van der Waals surface area contributed by atoms with Crippen LogP contribution >= 0.6 is 0 Å². The molecule has 0 aliphatic rings. The summed E-state index contributed by atoms with van der Waals surface area (Å²) in [5.41, 5.74) is 11.0. The quantitative estimate of drug-likeness (QED) is 0.581. The predicted molar refractivity (Wildman–Crippen MR) is 74.6 cm³/mol. The summed E-state index contributed by atoms with van der Waals surface area (Å²) in [5.74, 6) is 3.14. The van der Waals surface area contributed by atoms with Gasteiger partial charge in [0.2, 0.25) is 0 Å². The van der Waals surface area contributed by atoms with E-state index in [-0.39, 0.29) is 0 Å². The zero-order valence-corrected chi connectivity index (χ0v) is 11.7. The first-order valence-electron chi connectivity index (χ1n) is 5.48. The van der Waals surface area contributed by atoms with Crippen LogP contribution < -0.4 is 11.1 Å². The van der Waals surface area contributed by atoms with Crippen LogP contribution in [0.4, 0.5) is 10.5 Å². The van der Waals surface area contributed by atoms with Gasteiger partial charge in [-0.15, -0.1) is 5.54 Å². The third kappa shape index (κ3) is 4.75. The maximum absolute atomic E-state index is 10.9. The highest BCUT2D eigenvalue weighted by Crippen LogP contribution is 2.16. The number of anilines is 1. The van der Waals surface area contributed by atoms with Gasteiger partial charge in [-0.1, -0.05) is 31.6 Å². The number of urea groups is 1. The standard InChI is InChI=1S/C13H18N2OSi/c1-10-5-6-12(15-13(14)16)11(9-10)7-8-17(2,3)4/h5-6,9H,1-4H3,(H3,14,15,16). The highest BCUT2D eigenvalue weighted by molar-refractivity contribution is 6.83. The molecule has 2 amide bonds. The van der Waals surface area contributed by atoms with Crippen LogP contribution in [0.5, 0.6) is 0 Å². The Kier molecular flexibility index (Phi) is 3.97. The molecule has 1 rings (SSSR count). The topological polar surface area (TPSA) is 55.1 Å². The van der Waals surface area contributed by atoms with E-state index < -0.39 is 14.1 Å². The molecule has 0 unspecified atom stereocenters. The minimum Gasteiger partial charge on any atom is -0.351 e. The molecule has 4 heteroatoms. The molecule has 1 aromatic carbocycles. The summed E-state index contributed by atoms with van der Waals surface area (Å²) in [6.07, 6.45) is 0. The van der Waals surface area contributed by atoms with Crippen LogP contribution in [0, 0.1) is 18.4 Å². The summed E-state index contributed by atoms with van der Waals surface area (Å²) < 4.78 is 0. The van der Waals surface area contributed by atoms with Gasteiger partial charge in [0.05, 0.1) is 5.69 Å². The Morgan fingerprint density at radius 2 is 2.00 bits per heavy atom. The number of aryl methyl sites for hydroxylation is 1. The van der Waals surface area contributed by atoms with Crippen LogP contribution in [-0.4, -0.2) is 14.1 Å². The number of primary amides is 1. The Morgan fingerprint density at radius 1 is 1.35 bits per heavy atom. The molecule has 3 N–H and O–H groups in total. The Labute approximate surface area is 103 Å². The molecule has 0 aromatic heterocycles. The molecule has 0 saturated heterocycles. The number of amides is 2. The number of rotatable bonds is 1. The third-order valence-corrected chi connectivity index (χ3v) is 2.88. The molecule has 0 aliphatic heterocycles. The van der Waals surface area contributed by atoms with Gasteiger partial charge < -0.3 is 11.1 Å². The van der Waals surface area contributed by atoms with Gasteiger partial charge in [-0.2, -0.15) is 0 Å². The van der Waals surface area contributed by atoms with E-state index in [1.54, 1.807) is 0 Å². The summed E-state index contributed by atoms with van der Waals surface area (Å²) in [4.78, 5) is 10.9. The van der Waals surface area contributed by atoms with Crippen LogP contribution in [-0.2, 0) is 0 Å². The first-order valence-corrected chi connectivity index (χ1v) is 8.98. The fraction of sp³-hybridized carbons (Fsp3) is 0.308. The van der Waals surface area contributed by atoms with Crippen molar-refractivity contribution in [1.29, 1.82) is 0 Å². The molecule has 0 fully saturated rings. The normalized spacial score (nSPS) is 10.4. The number of carbonyl (C=O) groups is 1. The van der Waals surface area contributed by atoms with Crippen molar-refractivity contribution in [3.05, 3.63) is 29.3 Å². The van der Waals surface area contributed by atoms with Crippen molar-refractivity contribution in [2.24, 2.45) is 5.73 Å². The van der Waals surface area contributed by atoms with E-state index in [0.29, 0.717) is 5.69 Å². The van der Waals surface area contributed by atoms with Crippen molar-refractivity contribution in [3.63, 3.8) is 0 Å². The molecule has 0 aliphatic carbocycles. The van der Waals surface area contributed by atoms with Gasteiger partial charge in [-0.05, 0) is 24.6 Å². The minimum atomic E-state index is -1.43. The minimum absolute atomic E-state index is 0.565. The predicted octanol–water partition coefficient (Wildman–Crippen LogP) is 2.71. The van der Waals surface area contributed by atoms with Crippen LogP contribution in [0.2, 0.25) is 19.6 Å². The Bertz CT molecular complexity index is 492. The van der Waals surface area contributed by atoms with E-state index in [4.69, 9.17) is 5.73 Å². The molecular formula is C13H18N2OSi. The molecule has 0 saturated carbocycles. The van der Waals surface area contributed by atoms with Crippen molar-refractivity contribution in [2.75, 3.05) is 5.32 Å². The number of nitrogens with one attached hydrogen (secondary N) is 1. The molecule has 17 heavy (non-hydrogen) atoms. The average molecular weight is 246 g/mol. The number of hydrogen-bond donors (Lipinski definition) is 2. The largest absolute Gasteiger partial charge is 0.351 e. The SMILES string of the molecule is Cc1ccc(NC(N)=O)c(C#C[Si](C)(C)C)c1. The Hall–Kier alpha value is -1.73. The van der Waals surface area contributed by atoms with Gasteiger partial charge in [0.25, 0.3) is 0 Å². The van der Waals surface area contributed by atoms with Crippen molar-refractivity contribution >= 4 is 19.8 Å². The number of carbonyl (C=O) groups excluding carboxylic acids is 1. The summed E-state index contributed by atoms with van der Waals surface area (Å²) >= 11 is 0. The van der Waals surface area contributed by atoms with E-state index >= 15 is 0 Å². The number of hydrogen-bond acceptors (Lipinski definition) is 1. The maximum Gasteiger partial charge on any atom is 0.316 e. The van der Waals surface area contributed by atoms with Gasteiger partial charge in [0.1, 0.15) is 8.07 Å². The second kappa shape index (κ2) is 5.06. The Morgan fingerprint density at radius 3 is 2.53 bits per heavy atom. The third-order valence-electron chi connectivity index (χ3n) is 2.01. The fourth-order valence-corrected chi connectivity index (χ4v) is 1.77. The van der Waals surface area contributed by atoms with E-state index in [2.05, 4.69) is 36.4 Å².